The van der Waals surface area contributed by atoms with Gasteiger partial charge in [-0.15, -0.1) is 0 Å². The van der Waals surface area contributed by atoms with Crippen LogP contribution in [0.1, 0.15) is 36.8 Å². The van der Waals surface area contributed by atoms with E-state index < -0.39 is 0 Å². The average Bonchev–Trinajstić information content (AvgIpc) is 3.04. The molecule has 0 saturated carbocycles. The fraction of sp³-hybridized carbons (Fsp3) is 0.412. The quantitative estimate of drug-likeness (QED) is 0.138. The molecule has 0 aliphatic heterocycles. The number of ether oxygens (including phenoxy) is 6. The van der Waals surface area contributed by atoms with Gasteiger partial charge in [0.25, 0.3) is 0 Å². The van der Waals surface area contributed by atoms with Crippen LogP contribution in [-0.2, 0) is 13.1 Å². The zero-order valence-electron chi connectivity index (χ0n) is 25.7. The van der Waals surface area contributed by atoms with Crippen LogP contribution in [0.5, 0.6) is 34.5 Å². The normalized spacial score (nSPS) is 11.1. The summed E-state index contributed by atoms with van der Waals surface area (Å²) >= 11 is 0. The summed E-state index contributed by atoms with van der Waals surface area (Å²) in [4.78, 5) is 0. The highest BCUT2D eigenvalue weighted by Crippen LogP contribution is 2.47. The zero-order chi connectivity index (χ0) is 29.9. The van der Waals surface area contributed by atoms with Crippen molar-refractivity contribution >= 4 is 21.5 Å². The van der Waals surface area contributed by atoms with Crippen LogP contribution in [0.3, 0.4) is 0 Å². The molecular weight excluding hydrogens is 532 g/mol. The first-order chi connectivity index (χ1) is 20.6. The Labute approximate surface area is 249 Å². The molecule has 4 aromatic carbocycles. The molecule has 226 valence electrons. The highest BCUT2D eigenvalue weighted by atomic mass is 16.5. The first kappa shape index (κ1) is 31.1. The number of hydrogen-bond acceptors (Lipinski definition) is 8. The molecule has 0 aromatic heterocycles. The molecule has 0 atom stereocenters. The summed E-state index contributed by atoms with van der Waals surface area (Å²) in [5.74, 6) is 4.07. The number of benzene rings is 4. The van der Waals surface area contributed by atoms with E-state index in [1.165, 1.54) is 0 Å². The fourth-order valence-electron chi connectivity index (χ4n) is 5.70. The molecule has 0 bridgehead atoms. The Hall–Kier alpha value is -3.88. The maximum absolute atomic E-state index is 5.77. The van der Waals surface area contributed by atoms with Crippen molar-refractivity contribution in [2.24, 2.45) is 0 Å². The Morgan fingerprint density at radius 3 is 1.07 bits per heavy atom. The third-order valence-electron chi connectivity index (χ3n) is 7.65. The van der Waals surface area contributed by atoms with E-state index in [2.05, 4.69) is 34.9 Å². The summed E-state index contributed by atoms with van der Waals surface area (Å²) in [6.45, 7) is 3.22. The van der Waals surface area contributed by atoms with Gasteiger partial charge in [0.2, 0.25) is 11.5 Å². The lowest BCUT2D eigenvalue weighted by Gasteiger charge is -2.20. The van der Waals surface area contributed by atoms with Crippen molar-refractivity contribution in [3.8, 4) is 34.5 Å². The van der Waals surface area contributed by atoms with Gasteiger partial charge in [-0.3, -0.25) is 0 Å². The number of unbranched alkanes of at least 4 members (excludes halogenated alkanes) is 3. The molecule has 0 spiro atoms. The van der Waals surface area contributed by atoms with E-state index in [-0.39, 0.29) is 0 Å². The maximum atomic E-state index is 5.77. The van der Waals surface area contributed by atoms with Gasteiger partial charge in [-0.25, -0.2) is 0 Å². The van der Waals surface area contributed by atoms with Gasteiger partial charge in [-0.05, 0) is 36.7 Å². The predicted molar refractivity (Wildman–Crippen MR) is 169 cm³/mol. The average molecular weight is 577 g/mol. The first-order valence-corrected chi connectivity index (χ1v) is 14.5. The molecule has 0 amide bonds. The van der Waals surface area contributed by atoms with Crippen LogP contribution in [0.15, 0.2) is 48.5 Å². The predicted octanol–water partition coefficient (Wildman–Crippen LogP) is 6.48. The Bertz CT molecular complexity index is 1360. The van der Waals surface area contributed by atoms with Crippen molar-refractivity contribution in [3.63, 3.8) is 0 Å². The molecule has 0 aliphatic carbocycles. The summed E-state index contributed by atoms with van der Waals surface area (Å²) in [7, 11) is 9.96. The third kappa shape index (κ3) is 6.45. The molecule has 4 aromatic rings. The van der Waals surface area contributed by atoms with Crippen LogP contribution < -0.4 is 39.1 Å². The minimum Gasteiger partial charge on any atom is -0.492 e. The van der Waals surface area contributed by atoms with Gasteiger partial charge in [-0.1, -0.05) is 61.4 Å². The van der Waals surface area contributed by atoms with Gasteiger partial charge >= 0.3 is 0 Å². The Balaban J connectivity index is 1.26. The highest BCUT2D eigenvalue weighted by Gasteiger charge is 2.22. The lowest BCUT2D eigenvalue weighted by molar-refractivity contribution is 0.324. The van der Waals surface area contributed by atoms with Crippen LogP contribution in [0, 0.1) is 0 Å². The number of fused-ring (bicyclic) bond motifs is 2. The van der Waals surface area contributed by atoms with Crippen LogP contribution >= 0.6 is 0 Å². The van der Waals surface area contributed by atoms with E-state index in [0.29, 0.717) is 47.6 Å². The lowest BCUT2D eigenvalue weighted by atomic mass is 10.0. The number of nitrogens with one attached hydrogen (secondary N) is 2. The Morgan fingerprint density at radius 1 is 0.405 bits per heavy atom. The summed E-state index contributed by atoms with van der Waals surface area (Å²) in [6.07, 6.45) is 4.51. The molecule has 8 heteroatoms. The SMILES string of the molecule is COc1c(OC)c(OC)c2ccccc2c1CNCCCCCCNCc1c(OC)c(OC)c(OC)c2ccccc12. The van der Waals surface area contributed by atoms with Crippen molar-refractivity contribution in [2.75, 3.05) is 55.7 Å². The molecule has 0 radical (unpaired) electrons. The van der Waals surface area contributed by atoms with Gasteiger partial charge in [-0.2, -0.15) is 0 Å². The lowest BCUT2D eigenvalue weighted by Crippen LogP contribution is -2.17. The van der Waals surface area contributed by atoms with Gasteiger partial charge < -0.3 is 39.1 Å². The smallest absolute Gasteiger partial charge is 0.204 e. The summed E-state index contributed by atoms with van der Waals surface area (Å²) in [6, 6.07) is 16.4. The second-order valence-corrected chi connectivity index (χ2v) is 10.0. The summed E-state index contributed by atoms with van der Waals surface area (Å²) in [5, 5.41) is 11.4. The molecule has 4 rings (SSSR count). The number of methoxy groups -OCH3 is 6. The Kier molecular flexibility index (Phi) is 11.4. The van der Waals surface area contributed by atoms with Crippen LogP contribution in [-0.4, -0.2) is 55.7 Å². The third-order valence-corrected chi connectivity index (χ3v) is 7.65. The largest absolute Gasteiger partial charge is 0.492 e. The second kappa shape index (κ2) is 15.4. The summed E-state index contributed by atoms with van der Waals surface area (Å²) in [5.41, 5.74) is 2.15. The monoisotopic (exact) mass is 576 g/mol. The molecule has 2 N–H and O–H groups in total. The van der Waals surface area contributed by atoms with E-state index >= 15 is 0 Å². The maximum Gasteiger partial charge on any atom is 0.204 e. The van der Waals surface area contributed by atoms with E-state index in [1.807, 2.05) is 24.3 Å². The van der Waals surface area contributed by atoms with Gasteiger partial charge in [0.1, 0.15) is 0 Å². The van der Waals surface area contributed by atoms with Crippen LogP contribution in [0.4, 0.5) is 0 Å². The zero-order valence-corrected chi connectivity index (χ0v) is 25.7. The van der Waals surface area contributed by atoms with Crippen molar-refractivity contribution in [2.45, 2.75) is 38.8 Å². The second-order valence-electron chi connectivity index (χ2n) is 10.0. The molecule has 0 saturated heterocycles. The fourth-order valence-corrected chi connectivity index (χ4v) is 5.70. The van der Waals surface area contributed by atoms with E-state index in [9.17, 15) is 0 Å². The molecule has 8 nitrogen and oxygen atoms in total. The number of hydrogen-bond donors (Lipinski definition) is 2. The van der Waals surface area contributed by atoms with E-state index in [4.69, 9.17) is 28.4 Å². The van der Waals surface area contributed by atoms with Gasteiger partial charge in [0.15, 0.2) is 23.0 Å². The molecular formula is C34H44N2O6. The van der Waals surface area contributed by atoms with E-state index in [0.717, 1.165) is 71.4 Å². The van der Waals surface area contributed by atoms with Crippen LogP contribution in [0.25, 0.3) is 21.5 Å². The van der Waals surface area contributed by atoms with Crippen molar-refractivity contribution in [1.29, 1.82) is 0 Å². The van der Waals surface area contributed by atoms with Crippen molar-refractivity contribution in [1.82, 2.24) is 10.6 Å². The minimum absolute atomic E-state index is 0.627. The minimum atomic E-state index is 0.627. The number of rotatable bonds is 17. The molecule has 0 heterocycles. The highest BCUT2D eigenvalue weighted by molar-refractivity contribution is 5.97. The standard InChI is InChI=1S/C34H44N2O6/c1-37-29-25-17-11-9-15-23(25)27(31(39-3)33(29)41-5)21-35-19-13-7-8-14-20-36-22-28-24-16-10-12-18-26(24)30(38-2)34(42-6)32(28)40-4/h9-12,15-18,35-36H,7-8,13-14,19-22H2,1-6H3. The molecule has 42 heavy (non-hydrogen) atoms. The topological polar surface area (TPSA) is 79.4 Å². The molecule has 0 unspecified atom stereocenters. The van der Waals surface area contributed by atoms with Crippen molar-refractivity contribution < 1.29 is 28.4 Å². The first-order valence-electron chi connectivity index (χ1n) is 14.5. The summed E-state index contributed by atoms with van der Waals surface area (Å²) < 4.78 is 34.3. The molecule has 0 fully saturated rings. The molecule has 0 aliphatic rings. The van der Waals surface area contributed by atoms with E-state index in [1.54, 1.807) is 42.7 Å². The van der Waals surface area contributed by atoms with Gasteiger partial charge in [0, 0.05) is 35.0 Å². The van der Waals surface area contributed by atoms with Crippen LogP contribution in [0.2, 0.25) is 0 Å². The van der Waals surface area contributed by atoms with Crippen molar-refractivity contribution in [3.05, 3.63) is 59.7 Å². The Morgan fingerprint density at radius 2 is 0.738 bits per heavy atom. The van der Waals surface area contributed by atoms with Gasteiger partial charge in [0.05, 0.1) is 42.7 Å².